The minimum absolute atomic E-state index is 0.0912. The Labute approximate surface area is 137 Å². The fourth-order valence-corrected chi connectivity index (χ4v) is 3.40. The maximum Gasteiger partial charge on any atom is 0.257 e. The van der Waals surface area contributed by atoms with Crippen LogP contribution in [-0.2, 0) is 6.54 Å². The molecule has 0 saturated carbocycles. The number of aryl methyl sites for hydroxylation is 2. The van der Waals surface area contributed by atoms with E-state index in [9.17, 15) is 4.79 Å². The molecular weight excluding hydrogens is 288 g/mol. The number of piperidine rings is 1. The third-order valence-corrected chi connectivity index (χ3v) is 4.71. The van der Waals surface area contributed by atoms with E-state index in [-0.39, 0.29) is 5.91 Å². The molecule has 0 atom stereocenters. The van der Waals surface area contributed by atoms with Gasteiger partial charge in [-0.2, -0.15) is 0 Å². The second-order valence-corrected chi connectivity index (χ2v) is 6.34. The van der Waals surface area contributed by atoms with E-state index >= 15 is 0 Å². The lowest BCUT2D eigenvalue weighted by Gasteiger charge is -2.32. The van der Waals surface area contributed by atoms with E-state index in [1.807, 2.05) is 24.8 Å². The van der Waals surface area contributed by atoms with Gasteiger partial charge in [0.1, 0.15) is 11.5 Å². The predicted octanol–water partition coefficient (Wildman–Crippen LogP) is 3.37. The molecule has 1 aliphatic heterocycles. The van der Waals surface area contributed by atoms with Crippen LogP contribution in [0.25, 0.3) is 0 Å². The van der Waals surface area contributed by atoms with Crippen molar-refractivity contribution in [2.45, 2.75) is 39.2 Å². The normalized spacial score (nSPS) is 15.9. The van der Waals surface area contributed by atoms with Gasteiger partial charge in [-0.1, -0.05) is 24.3 Å². The summed E-state index contributed by atoms with van der Waals surface area (Å²) in [4.78, 5) is 14.6. The van der Waals surface area contributed by atoms with Crippen LogP contribution in [0.2, 0.25) is 0 Å². The second-order valence-electron chi connectivity index (χ2n) is 6.34. The number of benzene rings is 1. The lowest BCUT2D eigenvalue weighted by Crippen LogP contribution is -2.38. The summed E-state index contributed by atoms with van der Waals surface area (Å²) in [6, 6.07) is 10.4. The molecule has 0 radical (unpaired) electrons. The van der Waals surface area contributed by atoms with Crippen LogP contribution in [0.5, 0.6) is 0 Å². The van der Waals surface area contributed by atoms with E-state index in [1.54, 1.807) is 0 Å². The van der Waals surface area contributed by atoms with Gasteiger partial charge in [0.05, 0.1) is 5.56 Å². The maximum atomic E-state index is 12.6. The van der Waals surface area contributed by atoms with Gasteiger partial charge in [0.15, 0.2) is 0 Å². The molecule has 0 aliphatic carbocycles. The fourth-order valence-electron chi connectivity index (χ4n) is 3.40. The zero-order chi connectivity index (χ0) is 16.4. The Morgan fingerprint density at radius 2 is 2.00 bits per heavy atom. The van der Waals surface area contributed by atoms with Crippen LogP contribution in [0.15, 0.2) is 34.7 Å². The summed E-state index contributed by atoms with van der Waals surface area (Å²) in [5.41, 5.74) is 8.94. The zero-order valence-electron chi connectivity index (χ0n) is 13.8. The lowest BCUT2D eigenvalue weighted by atomic mass is 9.88. The maximum absolute atomic E-state index is 12.6. The first-order chi connectivity index (χ1) is 11.1. The van der Waals surface area contributed by atoms with Crippen molar-refractivity contribution in [2.75, 3.05) is 13.1 Å². The van der Waals surface area contributed by atoms with Crippen LogP contribution in [-0.4, -0.2) is 23.9 Å². The monoisotopic (exact) mass is 312 g/mol. The summed E-state index contributed by atoms with van der Waals surface area (Å²) in [5.74, 6) is 2.11. The van der Waals surface area contributed by atoms with Gasteiger partial charge < -0.3 is 15.1 Å². The van der Waals surface area contributed by atoms with Crippen LogP contribution < -0.4 is 5.73 Å². The van der Waals surface area contributed by atoms with Crippen LogP contribution in [0.4, 0.5) is 0 Å². The number of amides is 1. The molecule has 1 aromatic heterocycles. The number of furan rings is 1. The number of carbonyl (C=O) groups is 1. The molecule has 23 heavy (non-hydrogen) atoms. The average molecular weight is 312 g/mol. The molecule has 1 aromatic carbocycles. The number of carbonyl (C=O) groups excluding carboxylic acids is 1. The Hall–Kier alpha value is -2.07. The second kappa shape index (κ2) is 6.59. The fraction of sp³-hybridized carbons (Fsp3) is 0.421. The first-order valence-electron chi connectivity index (χ1n) is 8.23. The van der Waals surface area contributed by atoms with Crippen molar-refractivity contribution in [1.82, 2.24) is 4.90 Å². The summed E-state index contributed by atoms with van der Waals surface area (Å²) in [7, 11) is 0. The van der Waals surface area contributed by atoms with Crippen molar-refractivity contribution in [3.8, 4) is 0 Å². The molecule has 2 heterocycles. The number of likely N-dealkylation sites (tertiary alicyclic amines) is 1. The minimum atomic E-state index is 0.0912. The minimum Gasteiger partial charge on any atom is -0.466 e. The van der Waals surface area contributed by atoms with Gasteiger partial charge in [-0.25, -0.2) is 0 Å². The predicted molar refractivity (Wildman–Crippen MR) is 90.4 cm³/mol. The molecule has 4 nitrogen and oxygen atoms in total. The Morgan fingerprint density at radius 1 is 1.26 bits per heavy atom. The van der Waals surface area contributed by atoms with Gasteiger partial charge in [0, 0.05) is 19.6 Å². The largest absolute Gasteiger partial charge is 0.466 e. The van der Waals surface area contributed by atoms with Crippen LogP contribution in [0.3, 0.4) is 0 Å². The molecule has 0 spiro atoms. The molecule has 2 aromatic rings. The van der Waals surface area contributed by atoms with E-state index in [0.29, 0.717) is 23.8 Å². The molecule has 0 bridgehead atoms. The third kappa shape index (κ3) is 3.32. The Balaban J connectivity index is 1.66. The van der Waals surface area contributed by atoms with Crippen LogP contribution >= 0.6 is 0 Å². The highest BCUT2D eigenvalue weighted by molar-refractivity contribution is 5.95. The summed E-state index contributed by atoms with van der Waals surface area (Å²) < 4.78 is 5.48. The highest BCUT2D eigenvalue weighted by atomic mass is 16.3. The number of nitrogens with two attached hydrogens (primary N) is 1. The van der Waals surface area contributed by atoms with Crippen LogP contribution in [0.1, 0.15) is 51.8 Å². The average Bonchev–Trinajstić information content (AvgIpc) is 2.93. The smallest absolute Gasteiger partial charge is 0.257 e. The summed E-state index contributed by atoms with van der Waals surface area (Å²) in [6.07, 6.45) is 1.99. The van der Waals surface area contributed by atoms with Gasteiger partial charge >= 0.3 is 0 Å². The SMILES string of the molecule is Cc1cc(C(=O)N2CCC(c3cccc(CN)c3)CC2)c(C)o1. The Bertz CT molecular complexity index is 697. The molecule has 2 N–H and O–H groups in total. The van der Waals surface area contributed by atoms with Crippen molar-refractivity contribution in [2.24, 2.45) is 5.73 Å². The number of rotatable bonds is 3. The number of hydrogen-bond donors (Lipinski definition) is 1. The van der Waals surface area contributed by atoms with Gasteiger partial charge in [0.2, 0.25) is 0 Å². The molecular formula is C19H24N2O2. The molecule has 0 unspecified atom stereocenters. The summed E-state index contributed by atoms with van der Waals surface area (Å²) >= 11 is 0. The third-order valence-electron chi connectivity index (χ3n) is 4.71. The van der Waals surface area contributed by atoms with E-state index in [1.165, 1.54) is 11.1 Å². The van der Waals surface area contributed by atoms with Crippen molar-refractivity contribution >= 4 is 5.91 Å². The van der Waals surface area contributed by atoms with Crippen molar-refractivity contribution in [3.63, 3.8) is 0 Å². The Morgan fingerprint density at radius 3 is 2.61 bits per heavy atom. The number of hydrogen-bond acceptors (Lipinski definition) is 3. The standard InChI is InChI=1S/C19H24N2O2/c1-13-10-18(14(2)23-13)19(22)21-8-6-16(7-9-21)17-5-3-4-15(11-17)12-20/h3-5,10-11,16H,6-9,12,20H2,1-2H3. The van der Waals surface area contributed by atoms with E-state index in [4.69, 9.17) is 10.2 Å². The molecule has 3 rings (SSSR count). The topological polar surface area (TPSA) is 59.5 Å². The quantitative estimate of drug-likeness (QED) is 0.945. The first-order valence-corrected chi connectivity index (χ1v) is 8.23. The highest BCUT2D eigenvalue weighted by Crippen LogP contribution is 2.29. The van der Waals surface area contributed by atoms with Gasteiger partial charge in [-0.3, -0.25) is 4.79 Å². The van der Waals surface area contributed by atoms with Crippen molar-refractivity contribution in [1.29, 1.82) is 0 Å². The van der Waals surface area contributed by atoms with Gasteiger partial charge in [0.25, 0.3) is 5.91 Å². The first kappa shape index (κ1) is 15.8. The van der Waals surface area contributed by atoms with Crippen molar-refractivity contribution in [3.05, 3.63) is 58.5 Å². The van der Waals surface area contributed by atoms with E-state index in [0.717, 1.165) is 31.7 Å². The molecule has 1 fully saturated rings. The number of nitrogens with zero attached hydrogens (tertiary/aromatic N) is 1. The summed E-state index contributed by atoms with van der Waals surface area (Å²) in [5, 5.41) is 0. The van der Waals surface area contributed by atoms with Crippen molar-refractivity contribution < 1.29 is 9.21 Å². The molecule has 1 saturated heterocycles. The summed E-state index contributed by atoms with van der Waals surface area (Å²) in [6.45, 7) is 5.88. The highest BCUT2D eigenvalue weighted by Gasteiger charge is 2.26. The Kier molecular flexibility index (Phi) is 4.53. The molecule has 1 aliphatic rings. The van der Waals surface area contributed by atoms with E-state index in [2.05, 4.69) is 24.3 Å². The molecule has 4 heteroatoms. The van der Waals surface area contributed by atoms with Gasteiger partial charge in [-0.05, 0) is 49.8 Å². The van der Waals surface area contributed by atoms with E-state index < -0.39 is 0 Å². The molecule has 122 valence electrons. The van der Waals surface area contributed by atoms with Gasteiger partial charge in [-0.15, -0.1) is 0 Å². The zero-order valence-corrected chi connectivity index (χ0v) is 13.8. The van der Waals surface area contributed by atoms with Crippen LogP contribution in [0, 0.1) is 13.8 Å². The lowest BCUT2D eigenvalue weighted by molar-refractivity contribution is 0.0711. The molecule has 1 amide bonds.